The smallest absolute Gasteiger partial charge is 0.270 e. The van der Waals surface area contributed by atoms with Gasteiger partial charge in [0.1, 0.15) is 0 Å². The molecule has 2 aromatic carbocycles. The summed E-state index contributed by atoms with van der Waals surface area (Å²) in [4.78, 5) is 28.6. The van der Waals surface area contributed by atoms with Crippen LogP contribution in [0.25, 0.3) is 0 Å². The second-order valence-corrected chi connectivity index (χ2v) is 9.09. The van der Waals surface area contributed by atoms with Crippen molar-refractivity contribution in [2.75, 3.05) is 31.1 Å². The van der Waals surface area contributed by atoms with Crippen LogP contribution in [0.3, 0.4) is 0 Å². The highest BCUT2D eigenvalue weighted by Gasteiger charge is 2.23. The molecule has 2 aliphatic heterocycles. The molecule has 0 radical (unpaired) electrons. The van der Waals surface area contributed by atoms with Gasteiger partial charge in [-0.3, -0.25) is 19.8 Å². The van der Waals surface area contributed by atoms with Crippen LogP contribution in [-0.2, 0) is 13.1 Å². The van der Waals surface area contributed by atoms with Gasteiger partial charge in [0.15, 0.2) is 0 Å². The SMILES string of the molecule is CC1CCCN(Cc2ccccc2CNC(=O)c2cc([N+](=O)[O-])ccc2N2CCCC2)C1. The van der Waals surface area contributed by atoms with E-state index in [1.807, 2.05) is 12.1 Å². The maximum atomic E-state index is 13.1. The van der Waals surface area contributed by atoms with Gasteiger partial charge in [-0.2, -0.15) is 0 Å². The van der Waals surface area contributed by atoms with Gasteiger partial charge < -0.3 is 10.2 Å². The maximum Gasteiger partial charge on any atom is 0.270 e. The summed E-state index contributed by atoms with van der Waals surface area (Å²) in [5, 5.41) is 14.3. The van der Waals surface area contributed by atoms with Gasteiger partial charge in [0.05, 0.1) is 16.2 Å². The summed E-state index contributed by atoms with van der Waals surface area (Å²) in [7, 11) is 0. The van der Waals surface area contributed by atoms with Crippen molar-refractivity contribution in [2.24, 2.45) is 5.92 Å². The number of hydrogen-bond acceptors (Lipinski definition) is 5. The summed E-state index contributed by atoms with van der Waals surface area (Å²) in [5.74, 6) is 0.450. The normalized spacial score (nSPS) is 19.2. The van der Waals surface area contributed by atoms with E-state index in [0.717, 1.165) is 56.8 Å². The monoisotopic (exact) mass is 436 g/mol. The Labute approximate surface area is 189 Å². The van der Waals surface area contributed by atoms with Gasteiger partial charge in [-0.25, -0.2) is 0 Å². The molecule has 0 aliphatic carbocycles. The Morgan fingerprint density at radius 1 is 1.09 bits per heavy atom. The molecule has 170 valence electrons. The van der Waals surface area contributed by atoms with Crippen molar-refractivity contribution in [1.29, 1.82) is 0 Å². The highest BCUT2D eigenvalue weighted by Crippen LogP contribution is 2.28. The molecular weight excluding hydrogens is 404 g/mol. The molecule has 1 atom stereocenters. The number of hydrogen-bond donors (Lipinski definition) is 1. The lowest BCUT2D eigenvalue weighted by molar-refractivity contribution is -0.384. The fraction of sp³-hybridized carbons (Fsp3) is 0.480. The van der Waals surface area contributed by atoms with Crippen molar-refractivity contribution < 1.29 is 9.72 Å². The molecule has 2 aromatic rings. The lowest BCUT2D eigenvalue weighted by Gasteiger charge is -2.31. The van der Waals surface area contributed by atoms with Gasteiger partial charge in [-0.05, 0) is 55.3 Å². The first-order chi connectivity index (χ1) is 15.5. The third-order valence-electron chi connectivity index (χ3n) is 6.58. The fourth-order valence-electron chi connectivity index (χ4n) is 4.88. The quantitative estimate of drug-likeness (QED) is 0.515. The molecule has 0 aromatic heterocycles. The van der Waals surface area contributed by atoms with E-state index in [2.05, 4.69) is 34.2 Å². The van der Waals surface area contributed by atoms with E-state index in [0.29, 0.717) is 18.0 Å². The van der Waals surface area contributed by atoms with Crippen LogP contribution < -0.4 is 10.2 Å². The van der Waals surface area contributed by atoms with Crippen LogP contribution in [0.4, 0.5) is 11.4 Å². The highest BCUT2D eigenvalue weighted by molar-refractivity contribution is 6.00. The van der Waals surface area contributed by atoms with Gasteiger partial charge in [0.2, 0.25) is 0 Å². The third kappa shape index (κ3) is 5.27. The molecule has 0 bridgehead atoms. The van der Waals surface area contributed by atoms with Crippen LogP contribution in [0.5, 0.6) is 0 Å². The minimum atomic E-state index is -0.445. The molecular formula is C25H32N4O3. The number of anilines is 1. The zero-order valence-corrected chi connectivity index (χ0v) is 18.8. The topological polar surface area (TPSA) is 78.7 Å². The number of rotatable bonds is 7. The molecule has 2 fully saturated rings. The van der Waals surface area contributed by atoms with Crippen LogP contribution in [0.15, 0.2) is 42.5 Å². The Hall–Kier alpha value is -2.93. The molecule has 2 heterocycles. The molecule has 32 heavy (non-hydrogen) atoms. The van der Waals surface area contributed by atoms with E-state index in [9.17, 15) is 14.9 Å². The van der Waals surface area contributed by atoms with E-state index in [1.54, 1.807) is 6.07 Å². The van der Waals surface area contributed by atoms with Crippen molar-refractivity contribution in [2.45, 2.75) is 45.7 Å². The Kier molecular flexibility index (Phi) is 7.05. The summed E-state index contributed by atoms with van der Waals surface area (Å²) < 4.78 is 0. The van der Waals surface area contributed by atoms with Crippen molar-refractivity contribution in [3.63, 3.8) is 0 Å². The minimum absolute atomic E-state index is 0.0577. The summed E-state index contributed by atoms with van der Waals surface area (Å²) in [5.41, 5.74) is 3.41. The summed E-state index contributed by atoms with van der Waals surface area (Å²) >= 11 is 0. The number of amides is 1. The number of non-ortho nitro benzene ring substituents is 1. The number of piperidine rings is 1. The second-order valence-electron chi connectivity index (χ2n) is 9.09. The molecule has 1 unspecified atom stereocenters. The van der Waals surface area contributed by atoms with E-state index in [-0.39, 0.29) is 11.6 Å². The Balaban J connectivity index is 1.49. The molecule has 4 rings (SSSR count). The number of likely N-dealkylation sites (tertiary alicyclic amines) is 1. The number of benzene rings is 2. The zero-order chi connectivity index (χ0) is 22.5. The first-order valence-electron chi connectivity index (χ1n) is 11.6. The van der Waals surface area contributed by atoms with Crippen molar-refractivity contribution in [3.8, 4) is 0 Å². The average Bonchev–Trinajstić information content (AvgIpc) is 3.33. The first-order valence-corrected chi connectivity index (χ1v) is 11.6. The standard InChI is InChI=1S/C25H32N4O3/c1-19-7-6-12-27(17-19)18-21-9-3-2-8-20(21)16-26-25(30)23-15-22(29(31)32)10-11-24(23)28-13-4-5-14-28/h2-3,8-11,15,19H,4-7,12-14,16-18H2,1H3,(H,26,30). The van der Waals surface area contributed by atoms with E-state index >= 15 is 0 Å². The predicted octanol–water partition coefficient (Wildman–Crippen LogP) is 4.36. The van der Waals surface area contributed by atoms with Gasteiger partial charge >= 0.3 is 0 Å². The number of carbonyl (C=O) groups is 1. The van der Waals surface area contributed by atoms with Crippen LogP contribution in [0.2, 0.25) is 0 Å². The molecule has 1 N–H and O–H groups in total. The van der Waals surface area contributed by atoms with E-state index < -0.39 is 4.92 Å². The van der Waals surface area contributed by atoms with Crippen LogP contribution in [-0.4, -0.2) is 41.9 Å². The van der Waals surface area contributed by atoms with Crippen LogP contribution in [0, 0.1) is 16.0 Å². The molecule has 0 spiro atoms. The molecule has 2 aliphatic rings. The molecule has 0 saturated carbocycles. The van der Waals surface area contributed by atoms with Crippen molar-refractivity contribution >= 4 is 17.3 Å². The number of nitro benzene ring substituents is 1. The average molecular weight is 437 g/mol. The Morgan fingerprint density at radius 3 is 2.56 bits per heavy atom. The highest BCUT2D eigenvalue weighted by atomic mass is 16.6. The van der Waals surface area contributed by atoms with Gasteiger partial charge in [0, 0.05) is 44.9 Å². The number of nitrogens with one attached hydrogen (secondary N) is 1. The predicted molar refractivity (Wildman–Crippen MR) is 126 cm³/mol. The van der Waals surface area contributed by atoms with E-state index in [1.165, 1.54) is 30.5 Å². The van der Waals surface area contributed by atoms with Crippen molar-refractivity contribution in [3.05, 3.63) is 69.3 Å². The molecule has 2 saturated heterocycles. The Bertz CT molecular complexity index is 971. The lowest BCUT2D eigenvalue weighted by Crippen LogP contribution is -2.34. The lowest BCUT2D eigenvalue weighted by atomic mass is 9.99. The van der Waals surface area contributed by atoms with Gasteiger partial charge in [-0.15, -0.1) is 0 Å². The fourth-order valence-corrected chi connectivity index (χ4v) is 4.88. The molecule has 1 amide bonds. The van der Waals surface area contributed by atoms with Gasteiger partial charge in [-0.1, -0.05) is 31.2 Å². The van der Waals surface area contributed by atoms with Crippen LogP contribution >= 0.6 is 0 Å². The largest absolute Gasteiger partial charge is 0.371 e. The van der Waals surface area contributed by atoms with Crippen molar-refractivity contribution in [1.82, 2.24) is 10.2 Å². The van der Waals surface area contributed by atoms with E-state index in [4.69, 9.17) is 0 Å². The Morgan fingerprint density at radius 2 is 1.84 bits per heavy atom. The third-order valence-corrected chi connectivity index (χ3v) is 6.58. The van der Waals surface area contributed by atoms with Gasteiger partial charge in [0.25, 0.3) is 11.6 Å². The number of carbonyl (C=O) groups excluding carboxylic acids is 1. The minimum Gasteiger partial charge on any atom is -0.371 e. The molecule has 7 heteroatoms. The summed E-state index contributed by atoms with van der Waals surface area (Å²) in [6, 6.07) is 12.8. The van der Waals surface area contributed by atoms with Crippen LogP contribution in [0.1, 0.15) is 54.1 Å². The second kappa shape index (κ2) is 10.1. The summed E-state index contributed by atoms with van der Waals surface area (Å²) in [6.07, 6.45) is 4.66. The number of nitrogens with zero attached hydrogens (tertiary/aromatic N) is 3. The number of nitro groups is 1. The zero-order valence-electron chi connectivity index (χ0n) is 18.8. The summed E-state index contributed by atoms with van der Waals surface area (Å²) in [6.45, 7) is 7.54. The first kappa shape index (κ1) is 22.3. The molecule has 7 nitrogen and oxygen atoms in total. The maximum absolute atomic E-state index is 13.1.